The number of azide groups is 1. The quantitative estimate of drug-likeness (QED) is 0.141. The standard InChI is InChI=1S/C20H23N3O10/c1-5-12(26)30-11-8(24)18-10-6(22-23-21)7(16(2,3)4)17(18)9(25)13(27)32-15(17)33-20(18,14(28)31-10)19(5,11)29/h5-11,15,24-25,29H,1-4H3. The zero-order chi connectivity index (χ0) is 24.1. The lowest BCUT2D eigenvalue weighted by atomic mass is 9.51. The van der Waals surface area contributed by atoms with Crippen LogP contribution in [0.5, 0.6) is 0 Å². The van der Waals surface area contributed by atoms with Gasteiger partial charge in [-0.1, -0.05) is 25.9 Å². The summed E-state index contributed by atoms with van der Waals surface area (Å²) in [5, 5.41) is 39.0. The third kappa shape index (κ3) is 1.60. The highest BCUT2D eigenvalue weighted by Gasteiger charge is 3.05. The fourth-order valence-electron chi connectivity index (χ4n) is 8.45. The molecule has 2 aliphatic carbocycles. The first-order valence-corrected chi connectivity index (χ1v) is 10.7. The van der Waals surface area contributed by atoms with Crippen molar-refractivity contribution in [3.8, 4) is 0 Å². The highest BCUT2D eigenvalue weighted by Crippen LogP contribution is 2.84. The number of esters is 3. The van der Waals surface area contributed by atoms with Gasteiger partial charge in [0.15, 0.2) is 17.8 Å². The minimum Gasteiger partial charge on any atom is -0.459 e. The first-order chi connectivity index (χ1) is 15.3. The average Bonchev–Trinajstić information content (AvgIpc) is 3.41. The Labute approximate surface area is 186 Å². The summed E-state index contributed by atoms with van der Waals surface area (Å²) in [7, 11) is 0. The van der Waals surface area contributed by atoms with Crippen LogP contribution in [0.2, 0.25) is 0 Å². The number of fused-ring (bicyclic) bond motifs is 1. The molecule has 6 aliphatic rings. The van der Waals surface area contributed by atoms with Crippen LogP contribution < -0.4 is 0 Å². The minimum absolute atomic E-state index is 0.806. The number of aliphatic hydroxyl groups is 3. The van der Waals surface area contributed by atoms with Crippen molar-refractivity contribution >= 4 is 17.9 Å². The van der Waals surface area contributed by atoms with E-state index in [1.54, 1.807) is 20.8 Å². The van der Waals surface area contributed by atoms with E-state index in [4.69, 9.17) is 18.9 Å². The SMILES string of the molecule is CC1C(=O)OC2C(O)C34C5OC(=O)C3(OC3OC(=O)C(O)C34C(C(C)(C)C)C5N=[N+]=[N-])C12O. The molecule has 12 atom stereocenters. The lowest BCUT2D eigenvalue weighted by Gasteiger charge is -2.47. The summed E-state index contributed by atoms with van der Waals surface area (Å²) >= 11 is 0. The highest BCUT2D eigenvalue weighted by molar-refractivity contribution is 5.94. The molecule has 2 spiro atoms. The van der Waals surface area contributed by atoms with Gasteiger partial charge in [-0.3, -0.25) is 4.79 Å². The Morgan fingerprint density at radius 3 is 2.33 bits per heavy atom. The van der Waals surface area contributed by atoms with E-state index in [0.29, 0.717) is 0 Å². The Bertz CT molecular complexity index is 1080. The van der Waals surface area contributed by atoms with Crippen molar-refractivity contribution in [1.29, 1.82) is 0 Å². The molecule has 0 aromatic carbocycles. The van der Waals surface area contributed by atoms with Crippen molar-refractivity contribution in [2.24, 2.45) is 33.2 Å². The lowest BCUT2D eigenvalue weighted by molar-refractivity contribution is -0.239. The zero-order valence-electron chi connectivity index (χ0n) is 18.2. The van der Waals surface area contributed by atoms with E-state index in [2.05, 4.69) is 10.0 Å². The molecule has 0 bridgehead atoms. The number of carbonyl (C=O) groups is 3. The number of nitrogens with zero attached hydrogens (tertiary/aromatic N) is 3. The fraction of sp³-hybridized carbons (Fsp3) is 0.850. The molecule has 4 aliphatic heterocycles. The van der Waals surface area contributed by atoms with Gasteiger partial charge in [-0.05, 0) is 23.8 Å². The molecule has 4 saturated heterocycles. The van der Waals surface area contributed by atoms with Crippen LogP contribution in [-0.4, -0.2) is 81.2 Å². The van der Waals surface area contributed by atoms with Gasteiger partial charge < -0.3 is 34.3 Å². The maximum absolute atomic E-state index is 13.6. The molecule has 178 valence electrons. The predicted molar refractivity (Wildman–Crippen MR) is 100 cm³/mol. The lowest BCUT2D eigenvalue weighted by Crippen LogP contribution is -2.67. The van der Waals surface area contributed by atoms with Gasteiger partial charge in [0.1, 0.15) is 12.2 Å². The summed E-state index contributed by atoms with van der Waals surface area (Å²) in [6, 6.07) is -1.15. The second-order valence-corrected chi connectivity index (χ2v) is 11.0. The smallest absolute Gasteiger partial charge is 0.343 e. The number of carbonyl (C=O) groups excluding carboxylic acids is 3. The molecular weight excluding hydrogens is 442 g/mol. The third-order valence-electron chi connectivity index (χ3n) is 9.13. The summed E-state index contributed by atoms with van der Waals surface area (Å²) in [6.07, 6.45) is -8.31. The normalized spacial score (nSPS) is 57.6. The molecule has 0 aromatic heterocycles. The first kappa shape index (κ1) is 21.1. The molecule has 0 amide bonds. The summed E-state index contributed by atoms with van der Waals surface area (Å²) in [5.41, 5.74) is -0.138. The van der Waals surface area contributed by atoms with Crippen molar-refractivity contribution < 1.29 is 48.7 Å². The number of hydrogen-bond donors (Lipinski definition) is 3. The van der Waals surface area contributed by atoms with Gasteiger partial charge >= 0.3 is 17.9 Å². The fourth-order valence-corrected chi connectivity index (χ4v) is 8.45. The van der Waals surface area contributed by atoms with Gasteiger partial charge in [-0.2, -0.15) is 0 Å². The van der Waals surface area contributed by atoms with E-state index in [9.17, 15) is 35.2 Å². The van der Waals surface area contributed by atoms with Gasteiger partial charge in [0.2, 0.25) is 11.9 Å². The molecule has 0 aromatic rings. The molecule has 2 saturated carbocycles. The molecule has 12 unspecified atom stereocenters. The van der Waals surface area contributed by atoms with Crippen LogP contribution in [-0.2, 0) is 33.3 Å². The topological polar surface area (TPSA) is 198 Å². The first-order valence-electron chi connectivity index (χ1n) is 10.7. The van der Waals surface area contributed by atoms with Crippen molar-refractivity contribution in [2.45, 2.75) is 75.6 Å². The molecule has 33 heavy (non-hydrogen) atoms. The number of ether oxygens (including phenoxy) is 4. The molecule has 6 rings (SSSR count). The monoisotopic (exact) mass is 465 g/mol. The average molecular weight is 465 g/mol. The van der Waals surface area contributed by atoms with E-state index in [0.717, 1.165) is 0 Å². The van der Waals surface area contributed by atoms with E-state index in [1.807, 2.05) is 0 Å². The highest BCUT2D eigenvalue weighted by atomic mass is 16.8. The maximum atomic E-state index is 13.6. The summed E-state index contributed by atoms with van der Waals surface area (Å²) < 4.78 is 22.5. The number of hydrogen-bond acceptors (Lipinski definition) is 11. The molecular formula is C20H23N3O10. The van der Waals surface area contributed by atoms with Crippen molar-refractivity contribution in [3.63, 3.8) is 0 Å². The number of rotatable bonds is 1. The second kappa shape index (κ2) is 5.44. The summed E-state index contributed by atoms with van der Waals surface area (Å²) in [5.74, 6) is -5.23. The molecule has 13 nitrogen and oxygen atoms in total. The number of aliphatic hydroxyl groups excluding tert-OH is 2. The van der Waals surface area contributed by atoms with Crippen LogP contribution in [0, 0.1) is 28.1 Å². The van der Waals surface area contributed by atoms with E-state index in [1.165, 1.54) is 6.92 Å². The Morgan fingerprint density at radius 1 is 1.06 bits per heavy atom. The predicted octanol–water partition coefficient (Wildman–Crippen LogP) is -1.08. The second-order valence-electron chi connectivity index (χ2n) is 11.0. The van der Waals surface area contributed by atoms with Gasteiger partial charge in [0, 0.05) is 4.91 Å². The summed E-state index contributed by atoms with van der Waals surface area (Å²) in [6.45, 7) is 6.66. The van der Waals surface area contributed by atoms with E-state index in [-0.39, 0.29) is 0 Å². The molecule has 6 fully saturated rings. The van der Waals surface area contributed by atoms with Gasteiger partial charge in [-0.25, -0.2) is 9.59 Å². The van der Waals surface area contributed by atoms with Crippen LogP contribution in [0.1, 0.15) is 27.7 Å². The summed E-state index contributed by atoms with van der Waals surface area (Å²) in [4.78, 5) is 41.6. The van der Waals surface area contributed by atoms with Crippen LogP contribution in [0.15, 0.2) is 5.11 Å². The van der Waals surface area contributed by atoms with E-state index < -0.39 is 93.9 Å². The van der Waals surface area contributed by atoms with Crippen molar-refractivity contribution in [1.82, 2.24) is 0 Å². The zero-order valence-corrected chi connectivity index (χ0v) is 18.2. The van der Waals surface area contributed by atoms with Gasteiger partial charge in [0.05, 0.1) is 22.8 Å². The van der Waals surface area contributed by atoms with Crippen molar-refractivity contribution in [2.75, 3.05) is 0 Å². The molecule has 13 heteroatoms. The minimum atomic E-state index is -2.42. The van der Waals surface area contributed by atoms with Gasteiger partial charge in [-0.15, -0.1) is 0 Å². The van der Waals surface area contributed by atoms with Crippen molar-refractivity contribution in [3.05, 3.63) is 10.4 Å². The Kier molecular flexibility index (Phi) is 3.48. The molecule has 4 heterocycles. The Hall–Kier alpha value is -2.44. The molecule has 0 radical (unpaired) electrons. The Balaban J connectivity index is 1.76. The van der Waals surface area contributed by atoms with Crippen LogP contribution in [0.3, 0.4) is 0 Å². The van der Waals surface area contributed by atoms with Gasteiger partial charge in [0.25, 0.3) is 0 Å². The Morgan fingerprint density at radius 2 is 1.73 bits per heavy atom. The largest absolute Gasteiger partial charge is 0.459 e. The van der Waals surface area contributed by atoms with Crippen LogP contribution in [0.25, 0.3) is 10.4 Å². The van der Waals surface area contributed by atoms with Crippen LogP contribution >= 0.6 is 0 Å². The van der Waals surface area contributed by atoms with Crippen LogP contribution in [0.4, 0.5) is 0 Å². The third-order valence-corrected chi connectivity index (χ3v) is 9.13. The molecule has 3 N–H and O–H groups in total. The maximum Gasteiger partial charge on any atom is 0.343 e. The van der Waals surface area contributed by atoms with E-state index >= 15 is 0 Å².